The number of hydrogen-bond acceptors (Lipinski definition) is 4. The maximum absolute atomic E-state index is 12.6. The quantitative estimate of drug-likeness (QED) is 0.664. The zero-order valence-corrected chi connectivity index (χ0v) is 14.9. The van der Waals surface area contributed by atoms with Crippen LogP contribution < -0.4 is 10.1 Å². The van der Waals surface area contributed by atoms with Crippen molar-refractivity contribution in [3.8, 4) is 5.88 Å². The van der Waals surface area contributed by atoms with Crippen molar-refractivity contribution >= 4 is 11.6 Å². The van der Waals surface area contributed by atoms with Crippen molar-refractivity contribution in [2.45, 2.75) is 65.4 Å². The summed E-state index contributed by atoms with van der Waals surface area (Å²) >= 11 is 0. The fourth-order valence-electron chi connectivity index (χ4n) is 2.10. The minimum Gasteiger partial charge on any atom is -0.478 e. The smallest absolute Gasteiger partial charge is 0.256 e. The lowest BCUT2D eigenvalue weighted by atomic mass is 9.97. The molecule has 0 bridgehead atoms. The summed E-state index contributed by atoms with van der Waals surface area (Å²) in [4.78, 5) is 16.8. The maximum Gasteiger partial charge on any atom is 0.256 e. The molecule has 5 nitrogen and oxygen atoms in total. The summed E-state index contributed by atoms with van der Waals surface area (Å²) in [5.74, 6) is 0.448. The molecule has 1 amide bonds. The molecular weight excluding hydrogens is 292 g/mol. The average Bonchev–Trinajstić information content (AvgIpc) is 2.57. The molecule has 23 heavy (non-hydrogen) atoms. The van der Waals surface area contributed by atoms with Crippen LogP contribution in [0, 0.1) is 0 Å². The number of carbonyl (C=O) groups excluding carboxylic acids is 1. The van der Waals surface area contributed by atoms with Gasteiger partial charge in [0.2, 0.25) is 5.88 Å². The van der Waals surface area contributed by atoms with Crippen molar-refractivity contribution in [1.29, 1.82) is 0 Å². The van der Waals surface area contributed by atoms with Gasteiger partial charge in [-0.25, -0.2) is 4.98 Å². The van der Waals surface area contributed by atoms with Crippen LogP contribution in [0.1, 0.15) is 59.8 Å². The Morgan fingerprint density at radius 2 is 1.91 bits per heavy atom. The molecule has 1 heterocycles. The van der Waals surface area contributed by atoms with E-state index in [-0.39, 0.29) is 5.91 Å². The first-order chi connectivity index (χ1) is 11.1. The first-order valence-corrected chi connectivity index (χ1v) is 8.60. The second kappa shape index (κ2) is 10.2. The second-order valence-corrected chi connectivity index (χ2v) is 5.87. The Kier molecular flexibility index (Phi) is 8.62. The molecule has 0 aliphatic rings. The number of pyridine rings is 1. The van der Waals surface area contributed by atoms with E-state index < -0.39 is 5.60 Å². The topological polar surface area (TPSA) is 60.5 Å². The highest BCUT2D eigenvalue weighted by Crippen LogP contribution is 2.22. The van der Waals surface area contributed by atoms with Crippen LogP contribution in [0.4, 0.5) is 5.69 Å². The van der Waals surface area contributed by atoms with Gasteiger partial charge < -0.3 is 14.8 Å². The Morgan fingerprint density at radius 1 is 1.17 bits per heavy atom. The molecule has 0 aromatic carbocycles. The van der Waals surface area contributed by atoms with Gasteiger partial charge in [0, 0.05) is 12.7 Å². The van der Waals surface area contributed by atoms with Crippen LogP contribution in [0.5, 0.6) is 5.88 Å². The standard InChI is InChI=1S/C18H30N2O3/c1-5-8-11-18(4,23-13-7-3)17(21)20-15-9-10-16(19-14-15)22-12-6-2/h9-10,14H,5-8,11-13H2,1-4H3,(H,20,21). The SMILES string of the molecule is CCCCC(C)(OCCC)C(=O)Nc1ccc(OCCC)nc1. The van der Waals surface area contributed by atoms with Gasteiger partial charge >= 0.3 is 0 Å². The van der Waals surface area contributed by atoms with E-state index in [1.54, 1.807) is 18.3 Å². The lowest BCUT2D eigenvalue weighted by Gasteiger charge is -2.28. The van der Waals surface area contributed by atoms with Crippen LogP contribution in [-0.4, -0.2) is 29.7 Å². The molecule has 0 saturated carbocycles. The number of carbonyl (C=O) groups is 1. The number of rotatable bonds is 11. The predicted molar refractivity (Wildman–Crippen MR) is 92.8 cm³/mol. The highest BCUT2D eigenvalue weighted by atomic mass is 16.5. The van der Waals surface area contributed by atoms with E-state index in [9.17, 15) is 4.79 Å². The lowest BCUT2D eigenvalue weighted by molar-refractivity contribution is -0.140. The summed E-state index contributed by atoms with van der Waals surface area (Å²) in [5, 5.41) is 2.90. The van der Waals surface area contributed by atoms with Gasteiger partial charge in [-0.05, 0) is 32.3 Å². The van der Waals surface area contributed by atoms with Crippen molar-refractivity contribution in [2.75, 3.05) is 18.5 Å². The average molecular weight is 322 g/mol. The van der Waals surface area contributed by atoms with Crippen LogP contribution in [0.15, 0.2) is 18.3 Å². The molecule has 5 heteroatoms. The van der Waals surface area contributed by atoms with Gasteiger partial charge in [0.1, 0.15) is 5.60 Å². The molecule has 0 radical (unpaired) electrons. The van der Waals surface area contributed by atoms with Gasteiger partial charge in [0.15, 0.2) is 0 Å². The van der Waals surface area contributed by atoms with Gasteiger partial charge in [-0.2, -0.15) is 0 Å². The highest BCUT2D eigenvalue weighted by molar-refractivity contribution is 5.96. The summed E-state index contributed by atoms with van der Waals surface area (Å²) in [5.41, 5.74) is -0.148. The van der Waals surface area contributed by atoms with Crippen molar-refractivity contribution < 1.29 is 14.3 Å². The van der Waals surface area contributed by atoms with Crippen molar-refractivity contribution in [3.05, 3.63) is 18.3 Å². The Labute approximate surface area is 139 Å². The molecule has 0 fully saturated rings. The molecule has 1 N–H and O–H groups in total. The summed E-state index contributed by atoms with van der Waals surface area (Å²) in [6.07, 6.45) is 6.13. The third-order valence-corrected chi connectivity index (χ3v) is 3.56. The fourth-order valence-corrected chi connectivity index (χ4v) is 2.10. The minimum absolute atomic E-state index is 0.122. The summed E-state index contributed by atoms with van der Waals surface area (Å²) in [7, 11) is 0. The number of anilines is 1. The molecule has 0 spiro atoms. The third kappa shape index (κ3) is 6.57. The Bertz CT molecular complexity index is 452. The fraction of sp³-hybridized carbons (Fsp3) is 0.667. The van der Waals surface area contributed by atoms with Crippen molar-refractivity contribution in [3.63, 3.8) is 0 Å². The van der Waals surface area contributed by atoms with Gasteiger partial charge in [0.05, 0.1) is 18.5 Å². The molecular formula is C18H30N2O3. The molecule has 1 rings (SSSR count). The first-order valence-electron chi connectivity index (χ1n) is 8.60. The molecule has 1 aromatic rings. The minimum atomic E-state index is -0.802. The highest BCUT2D eigenvalue weighted by Gasteiger charge is 2.33. The van der Waals surface area contributed by atoms with Crippen molar-refractivity contribution in [1.82, 2.24) is 4.98 Å². The Hall–Kier alpha value is -1.62. The normalized spacial score (nSPS) is 13.4. The van der Waals surface area contributed by atoms with E-state index in [1.165, 1.54) is 0 Å². The molecule has 0 saturated heterocycles. The van der Waals surface area contributed by atoms with E-state index in [0.717, 1.165) is 25.7 Å². The lowest BCUT2D eigenvalue weighted by Crippen LogP contribution is -2.43. The number of ether oxygens (including phenoxy) is 2. The van der Waals surface area contributed by atoms with Gasteiger partial charge in [-0.3, -0.25) is 4.79 Å². The van der Waals surface area contributed by atoms with Gasteiger partial charge in [0.25, 0.3) is 5.91 Å². The summed E-state index contributed by atoms with van der Waals surface area (Å²) in [6, 6.07) is 3.57. The Balaban J connectivity index is 2.69. The van der Waals surface area contributed by atoms with E-state index in [2.05, 4.69) is 17.2 Å². The van der Waals surface area contributed by atoms with Gasteiger partial charge in [-0.15, -0.1) is 0 Å². The third-order valence-electron chi connectivity index (χ3n) is 3.56. The van der Waals surface area contributed by atoms with Crippen LogP contribution in [0.3, 0.4) is 0 Å². The summed E-state index contributed by atoms with van der Waals surface area (Å²) < 4.78 is 11.3. The maximum atomic E-state index is 12.6. The number of aromatic nitrogens is 1. The number of hydrogen-bond donors (Lipinski definition) is 1. The summed E-state index contributed by atoms with van der Waals surface area (Å²) in [6.45, 7) is 9.27. The van der Waals surface area contributed by atoms with Crippen molar-refractivity contribution in [2.24, 2.45) is 0 Å². The molecule has 1 unspecified atom stereocenters. The Morgan fingerprint density at radius 3 is 2.48 bits per heavy atom. The molecule has 1 aromatic heterocycles. The molecule has 130 valence electrons. The monoisotopic (exact) mass is 322 g/mol. The van der Waals surface area contributed by atoms with Crippen LogP contribution in [0.25, 0.3) is 0 Å². The molecule has 0 aliphatic heterocycles. The predicted octanol–water partition coefficient (Wildman–Crippen LogP) is 4.18. The number of unbranched alkanes of at least 4 members (excludes halogenated alkanes) is 1. The zero-order chi connectivity index (χ0) is 17.1. The number of amides is 1. The van der Waals surface area contributed by atoms with Crippen LogP contribution in [0.2, 0.25) is 0 Å². The molecule has 0 aliphatic carbocycles. The molecule has 1 atom stereocenters. The van der Waals surface area contributed by atoms with Crippen LogP contribution >= 0.6 is 0 Å². The number of nitrogens with zero attached hydrogens (tertiary/aromatic N) is 1. The largest absolute Gasteiger partial charge is 0.478 e. The van der Waals surface area contributed by atoms with E-state index >= 15 is 0 Å². The van der Waals surface area contributed by atoms with E-state index in [4.69, 9.17) is 9.47 Å². The second-order valence-electron chi connectivity index (χ2n) is 5.87. The van der Waals surface area contributed by atoms with Gasteiger partial charge in [-0.1, -0.05) is 33.6 Å². The first kappa shape index (κ1) is 19.4. The van der Waals surface area contributed by atoms with E-state index in [1.807, 2.05) is 20.8 Å². The number of nitrogens with one attached hydrogen (secondary N) is 1. The van der Waals surface area contributed by atoms with E-state index in [0.29, 0.717) is 31.2 Å². The van der Waals surface area contributed by atoms with Crippen LogP contribution in [-0.2, 0) is 9.53 Å². The zero-order valence-electron chi connectivity index (χ0n) is 14.9.